The molecule has 2 N–H and O–H groups in total. The molecule has 3 nitrogen and oxygen atoms in total. The Kier molecular flexibility index (Phi) is 3.66. The second-order valence-corrected chi connectivity index (χ2v) is 5.44. The molecule has 0 saturated carbocycles. The van der Waals surface area contributed by atoms with E-state index < -0.39 is 9.84 Å². The van der Waals surface area contributed by atoms with Crippen molar-refractivity contribution in [3.05, 3.63) is 35.4 Å². The molecule has 0 spiro atoms. The van der Waals surface area contributed by atoms with Crippen LogP contribution in [0.25, 0.3) is 6.08 Å². The van der Waals surface area contributed by atoms with Crippen molar-refractivity contribution in [3.8, 4) is 0 Å². The van der Waals surface area contributed by atoms with Crippen molar-refractivity contribution >= 4 is 15.9 Å². The number of benzene rings is 1. The average Bonchev–Trinajstić information content (AvgIpc) is 2.15. The highest BCUT2D eigenvalue weighted by Crippen LogP contribution is 2.16. The van der Waals surface area contributed by atoms with Crippen molar-refractivity contribution in [3.63, 3.8) is 0 Å². The van der Waals surface area contributed by atoms with Crippen LogP contribution in [0.15, 0.2) is 29.2 Å². The standard InChI is InChI=1S/C11H15NO2S/c1-9-5-6-11(15(2,13)14)8-10(9)4-3-7-12/h3-6,8H,7,12H2,1-2H3/b4-3+. The Morgan fingerprint density at radius 3 is 2.60 bits per heavy atom. The van der Waals surface area contributed by atoms with Crippen molar-refractivity contribution < 1.29 is 8.42 Å². The summed E-state index contributed by atoms with van der Waals surface area (Å²) < 4.78 is 22.6. The Labute approximate surface area is 90.5 Å². The van der Waals surface area contributed by atoms with Gasteiger partial charge in [0, 0.05) is 12.8 Å². The van der Waals surface area contributed by atoms with E-state index in [1.54, 1.807) is 24.3 Å². The van der Waals surface area contributed by atoms with Crippen LogP contribution in [0.1, 0.15) is 11.1 Å². The lowest BCUT2D eigenvalue weighted by atomic mass is 10.1. The average molecular weight is 225 g/mol. The topological polar surface area (TPSA) is 60.2 Å². The Morgan fingerprint density at radius 1 is 1.40 bits per heavy atom. The summed E-state index contributed by atoms with van der Waals surface area (Å²) >= 11 is 0. The lowest BCUT2D eigenvalue weighted by Crippen LogP contribution is -1.98. The van der Waals surface area contributed by atoms with Crippen LogP contribution in [0, 0.1) is 6.92 Å². The number of rotatable bonds is 3. The first-order valence-corrected chi connectivity index (χ1v) is 6.51. The van der Waals surface area contributed by atoms with Gasteiger partial charge in [-0.2, -0.15) is 0 Å². The van der Waals surface area contributed by atoms with Gasteiger partial charge in [-0.3, -0.25) is 0 Å². The van der Waals surface area contributed by atoms with E-state index in [-0.39, 0.29) is 0 Å². The van der Waals surface area contributed by atoms with Crippen LogP contribution in [-0.4, -0.2) is 21.2 Å². The van der Waals surface area contributed by atoms with Crippen LogP contribution >= 0.6 is 0 Å². The number of aryl methyl sites for hydroxylation is 1. The lowest BCUT2D eigenvalue weighted by molar-refractivity contribution is 0.602. The Morgan fingerprint density at radius 2 is 2.07 bits per heavy atom. The Balaban J connectivity index is 3.23. The summed E-state index contributed by atoms with van der Waals surface area (Å²) in [5.74, 6) is 0. The molecule has 15 heavy (non-hydrogen) atoms. The number of sulfone groups is 1. The molecule has 4 heteroatoms. The first kappa shape index (κ1) is 11.9. The molecular formula is C11H15NO2S. The maximum atomic E-state index is 11.3. The van der Waals surface area contributed by atoms with Crippen LogP contribution in [0.5, 0.6) is 0 Å². The van der Waals surface area contributed by atoms with Gasteiger partial charge in [0.2, 0.25) is 0 Å². The van der Waals surface area contributed by atoms with Crippen LogP contribution in [0.3, 0.4) is 0 Å². The van der Waals surface area contributed by atoms with Crippen molar-refractivity contribution in [2.24, 2.45) is 5.73 Å². The zero-order valence-electron chi connectivity index (χ0n) is 8.90. The van der Waals surface area contributed by atoms with Crippen LogP contribution in [0.4, 0.5) is 0 Å². The molecule has 0 amide bonds. The highest BCUT2D eigenvalue weighted by molar-refractivity contribution is 7.90. The minimum atomic E-state index is -3.13. The fraction of sp³-hybridized carbons (Fsp3) is 0.273. The van der Waals surface area contributed by atoms with Gasteiger partial charge in [-0.05, 0) is 30.2 Å². The molecule has 0 radical (unpaired) electrons. The van der Waals surface area contributed by atoms with Crippen molar-refractivity contribution in [1.29, 1.82) is 0 Å². The van der Waals surface area contributed by atoms with Gasteiger partial charge in [0.25, 0.3) is 0 Å². The Hall–Kier alpha value is -1.13. The maximum Gasteiger partial charge on any atom is 0.175 e. The number of nitrogens with two attached hydrogens (primary N) is 1. The van der Waals surface area contributed by atoms with Crippen molar-refractivity contribution in [2.75, 3.05) is 12.8 Å². The number of hydrogen-bond acceptors (Lipinski definition) is 3. The molecule has 0 aliphatic rings. The fourth-order valence-electron chi connectivity index (χ4n) is 1.22. The Bertz CT molecular complexity index is 475. The third-order valence-corrected chi connectivity index (χ3v) is 3.22. The summed E-state index contributed by atoms with van der Waals surface area (Å²) in [5.41, 5.74) is 7.27. The second kappa shape index (κ2) is 4.59. The summed E-state index contributed by atoms with van der Waals surface area (Å²) in [6, 6.07) is 5.08. The zero-order valence-corrected chi connectivity index (χ0v) is 9.71. The summed E-state index contributed by atoms with van der Waals surface area (Å²) in [5, 5.41) is 0. The molecule has 0 heterocycles. The smallest absolute Gasteiger partial charge is 0.175 e. The van der Waals surface area contributed by atoms with Gasteiger partial charge < -0.3 is 5.73 Å². The molecule has 0 saturated heterocycles. The third kappa shape index (κ3) is 3.18. The van der Waals surface area contributed by atoms with E-state index in [4.69, 9.17) is 5.73 Å². The summed E-state index contributed by atoms with van der Waals surface area (Å²) in [6.07, 6.45) is 4.84. The molecule has 0 unspecified atom stereocenters. The molecule has 0 atom stereocenters. The lowest BCUT2D eigenvalue weighted by Gasteiger charge is -2.03. The van der Waals surface area contributed by atoms with Gasteiger partial charge in [0.15, 0.2) is 9.84 Å². The van der Waals surface area contributed by atoms with Crippen molar-refractivity contribution in [2.45, 2.75) is 11.8 Å². The quantitative estimate of drug-likeness (QED) is 0.845. The molecule has 82 valence electrons. The largest absolute Gasteiger partial charge is 0.327 e. The molecule has 1 rings (SSSR count). The molecule has 0 aliphatic carbocycles. The molecule has 1 aromatic carbocycles. The minimum Gasteiger partial charge on any atom is -0.327 e. The van der Waals surface area contributed by atoms with E-state index in [2.05, 4.69) is 0 Å². The summed E-state index contributed by atoms with van der Waals surface area (Å²) in [4.78, 5) is 0.338. The molecular weight excluding hydrogens is 210 g/mol. The van der Waals surface area contributed by atoms with Gasteiger partial charge in [-0.15, -0.1) is 0 Å². The minimum absolute atomic E-state index is 0.338. The molecule has 0 aliphatic heterocycles. The van der Waals surface area contributed by atoms with Crippen LogP contribution < -0.4 is 5.73 Å². The number of hydrogen-bond donors (Lipinski definition) is 1. The highest BCUT2D eigenvalue weighted by Gasteiger charge is 2.07. The van der Waals surface area contributed by atoms with Gasteiger partial charge >= 0.3 is 0 Å². The second-order valence-electron chi connectivity index (χ2n) is 3.43. The third-order valence-electron chi connectivity index (χ3n) is 2.11. The predicted molar refractivity (Wildman–Crippen MR) is 62.4 cm³/mol. The van der Waals surface area contributed by atoms with E-state index in [0.29, 0.717) is 11.4 Å². The monoisotopic (exact) mass is 225 g/mol. The van der Waals surface area contributed by atoms with Crippen molar-refractivity contribution in [1.82, 2.24) is 0 Å². The first-order chi connectivity index (χ1) is 6.95. The van der Waals surface area contributed by atoms with Crippen LogP contribution in [0.2, 0.25) is 0 Å². The van der Waals surface area contributed by atoms with E-state index in [9.17, 15) is 8.42 Å². The van der Waals surface area contributed by atoms with Crippen LogP contribution in [-0.2, 0) is 9.84 Å². The van der Waals surface area contributed by atoms with E-state index in [0.717, 1.165) is 11.1 Å². The van der Waals surface area contributed by atoms with E-state index in [1.807, 2.05) is 13.0 Å². The van der Waals surface area contributed by atoms with Gasteiger partial charge in [0.1, 0.15) is 0 Å². The maximum absolute atomic E-state index is 11.3. The van der Waals surface area contributed by atoms with Gasteiger partial charge in [-0.25, -0.2) is 8.42 Å². The molecule has 0 fully saturated rings. The predicted octanol–water partition coefficient (Wildman–Crippen LogP) is 1.37. The van der Waals surface area contributed by atoms with E-state index >= 15 is 0 Å². The van der Waals surface area contributed by atoms with E-state index in [1.165, 1.54) is 6.26 Å². The first-order valence-electron chi connectivity index (χ1n) is 4.62. The van der Waals surface area contributed by atoms with Gasteiger partial charge in [0.05, 0.1) is 4.90 Å². The molecule has 1 aromatic rings. The fourth-order valence-corrected chi connectivity index (χ4v) is 1.88. The summed E-state index contributed by atoms with van der Waals surface area (Å²) in [7, 11) is -3.13. The normalized spacial score (nSPS) is 12.2. The SMILES string of the molecule is Cc1ccc(S(C)(=O)=O)cc1/C=C/CN. The molecule has 0 aromatic heterocycles. The summed E-state index contributed by atoms with van der Waals surface area (Å²) in [6.45, 7) is 2.38. The zero-order chi connectivity index (χ0) is 11.5. The van der Waals surface area contributed by atoms with Gasteiger partial charge in [-0.1, -0.05) is 18.2 Å². The molecule has 0 bridgehead atoms. The highest BCUT2D eigenvalue weighted by atomic mass is 32.2.